The van der Waals surface area contributed by atoms with Gasteiger partial charge in [-0.1, -0.05) is 0 Å². The van der Waals surface area contributed by atoms with E-state index in [1.807, 2.05) is 6.20 Å². The normalized spacial score (nSPS) is 12.3. The van der Waals surface area contributed by atoms with E-state index in [2.05, 4.69) is 32.6 Å². The number of esters is 1. The summed E-state index contributed by atoms with van der Waals surface area (Å²) in [4.78, 5) is 25.1. The standard InChI is InChI=1S/C15H25NO3/c1-7-19-15(18)14(13(6)17)9-8-10-16(11(2)3)12(4)5/h8-12H,7H2,1-6H3. The lowest BCUT2D eigenvalue weighted by Crippen LogP contribution is -2.31. The number of allylic oxidation sites excluding steroid dienone is 2. The maximum Gasteiger partial charge on any atom is 0.341 e. The zero-order valence-electron chi connectivity index (χ0n) is 12.8. The van der Waals surface area contributed by atoms with Crippen molar-refractivity contribution in [3.05, 3.63) is 23.9 Å². The molecule has 0 unspecified atom stereocenters. The molecule has 0 bridgehead atoms. The summed E-state index contributed by atoms with van der Waals surface area (Å²) >= 11 is 0. The second-order valence-electron chi connectivity index (χ2n) is 4.83. The summed E-state index contributed by atoms with van der Waals surface area (Å²) in [6, 6.07) is 0.709. The monoisotopic (exact) mass is 267 g/mol. The highest BCUT2D eigenvalue weighted by Crippen LogP contribution is 2.07. The number of hydrogen-bond donors (Lipinski definition) is 0. The van der Waals surface area contributed by atoms with Crippen LogP contribution in [-0.4, -0.2) is 35.3 Å². The minimum absolute atomic E-state index is 0.0746. The summed E-state index contributed by atoms with van der Waals surface area (Å²) in [5, 5.41) is 0. The number of carbonyl (C=O) groups is 2. The maximum absolute atomic E-state index is 11.6. The number of ketones is 1. The Hall–Kier alpha value is -1.58. The van der Waals surface area contributed by atoms with Crippen LogP contribution in [0.2, 0.25) is 0 Å². The molecule has 0 aliphatic rings. The molecule has 0 amide bonds. The fourth-order valence-electron chi connectivity index (χ4n) is 1.72. The lowest BCUT2D eigenvalue weighted by Gasteiger charge is -2.29. The molecule has 0 spiro atoms. The van der Waals surface area contributed by atoms with Gasteiger partial charge in [0.15, 0.2) is 5.78 Å². The molecule has 0 aromatic heterocycles. The third kappa shape index (κ3) is 6.22. The fraction of sp³-hybridized carbons (Fsp3) is 0.600. The molecule has 0 fully saturated rings. The second-order valence-corrected chi connectivity index (χ2v) is 4.83. The lowest BCUT2D eigenvalue weighted by atomic mass is 10.1. The van der Waals surface area contributed by atoms with Crippen molar-refractivity contribution in [2.45, 2.75) is 53.6 Å². The van der Waals surface area contributed by atoms with Crippen LogP contribution in [0.5, 0.6) is 0 Å². The Morgan fingerprint density at radius 3 is 2.05 bits per heavy atom. The summed E-state index contributed by atoms with van der Waals surface area (Å²) in [5.41, 5.74) is 0.0746. The van der Waals surface area contributed by atoms with Crippen LogP contribution < -0.4 is 0 Å². The number of ether oxygens (including phenoxy) is 1. The molecule has 0 saturated carbocycles. The smallest absolute Gasteiger partial charge is 0.341 e. The molecule has 0 aliphatic heterocycles. The zero-order valence-corrected chi connectivity index (χ0v) is 12.8. The van der Waals surface area contributed by atoms with Crippen molar-refractivity contribution < 1.29 is 14.3 Å². The number of hydrogen-bond acceptors (Lipinski definition) is 4. The van der Waals surface area contributed by atoms with Gasteiger partial charge in [-0.3, -0.25) is 4.79 Å². The highest BCUT2D eigenvalue weighted by molar-refractivity contribution is 6.16. The van der Waals surface area contributed by atoms with Gasteiger partial charge in [-0.15, -0.1) is 0 Å². The molecule has 0 N–H and O–H groups in total. The van der Waals surface area contributed by atoms with Gasteiger partial charge < -0.3 is 9.64 Å². The molecule has 4 heteroatoms. The Morgan fingerprint density at radius 1 is 1.16 bits per heavy atom. The molecule has 108 valence electrons. The van der Waals surface area contributed by atoms with E-state index in [-0.39, 0.29) is 18.0 Å². The Bertz CT molecular complexity index is 360. The van der Waals surface area contributed by atoms with Crippen LogP contribution in [0.3, 0.4) is 0 Å². The van der Waals surface area contributed by atoms with Crippen LogP contribution in [0.15, 0.2) is 23.9 Å². The van der Waals surface area contributed by atoms with E-state index >= 15 is 0 Å². The number of nitrogens with zero attached hydrogens (tertiary/aromatic N) is 1. The summed E-state index contributed by atoms with van der Waals surface area (Å²) < 4.78 is 4.84. The topological polar surface area (TPSA) is 46.6 Å². The van der Waals surface area contributed by atoms with Crippen LogP contribution in [-0.2, 0) is 14.3 Å². The molecule has 4 nitrogen and oxygen atoms in total. The summed E-state index contributed by atoms with van der Waals surface area (Å²) in [6.45, 7) is 11.7. The summed E-state index contributed by atoms with van der Waals surface area (Å²) in [6.07, 6.45) is 5.11. The third-order valence-electron chi connectivity index (χ3n) is 2.59. The molecule has 0 aromatic rings. The van der Waals surface area contributed by atoms with Gasteiger partial charge in [-0.2, -0.15) is 0 Å². The zero-order chi connectivity index (χ0) is 15.0. The average Bonchev–Trinajstić information content (AvgIpc) is 2.27. The first-order chi connectivity index (χ1) is 8.81. The SMILES string of the molecule is CCOC(=O)C(=CC=CN(C(C)C)C(C)C)C(C)=O. The van der Waals surface area contributed by atoms with E-state index < -0.39 is 5.97 Å². The van der Waals surface area contributed by atoms with Crippen molar-refractivity contribution in [3.8, 4) is 0 Å². The third-order valence-corrected chi connectivity index (χ3v) is 2.59. The van der Waals surface area contributed by atoms with Crippen LogP contribution in [0.25, 0.3) is 0 Å². The van der Waals surface area contributed by atoms with Crippen molar-refractivity contribution >= 4 is 11.8 Å². The van der Waals surface area contributed by atoms with Gasteiger partial charge in [0.1, 0.15) is 5.57 Å². The van der Waals surface area contributed by atoms with E-state index in [1.165, 1.54) is 13.0 Å². The van der Waals surface area contributed by atoms with E-state index in [0.29, 0.717) is 12.1 Å². The van der Waals surface area contributed by atoms with Crippen LogP contribution >= 0.6 is 0 Å². The second kappa shape index (κ2) is 8.51. The largest absolute Gasteiger partial charge is 0.462 e. The lowest BCUT2D eigenvalue weighted by molar-refractivity contribution is -0.139. The number of rotatable bonds is 7. The molecular weight excluding hydrogens is 242 g/mol. The first kappa shape index (κ1) is 17.4. The Labute approximate surface area is 116 Å². The van der Waals surface area contributed by atoms with Gasteiger partial charge >= 0.3 is 5.97 Å². The molecule has 0 rings (SSSR count). The average molecular weight is 267 g/mol. The van der Waals surface area contributed by atoms with E-state index in [1.54, 1.807) is 13.0 Å². The Balaban J connectivity index is 4.97. The van der Waals surface area contributed by atoms with Crippen LogP contribution in [0, 0.1) is 0 Å². The first-order valence-corrected chi connectivity index (χ1v) is 6.65. The number of carbonyl (C=O) groups excluding carboxylic acids is 2. The van der Waals surface area contributed by atoms with Gasteiger partial charge in [-0.25, -0.2) is 4.79 Å². The minimum atomic E-state index is -0.569. The van der Waals surface area contributed by atoms with Gasteiger partial charge in [0.2, 0.25) is 0 Å². The number of Topliss-reactive ketones (excluding diaryl/α,β-unsaturated/α-hetero) is 1. The van der Waals surface area contributed by atoms with Crippen molar-refractivity contribution in [2.24, 2.45) is 0 Å². The Morgan fingerprint density at radius 2 is 1.68 bits per heavy atom. The van der Waals surface area contributed by atoms with E-state index in [9.17, 15) is 9.59 Å². The van der Waals surface area contributed by atoms with E-state index in [0.717, 1.165) is 0 Å². The molecule has 0 saturated heterocycles. The highest BCUT2D eigenvalue weighted by Gasteiger charge is 2.14. The Kier molecular flexibility index (Phi) is 7.80. The van der Waals surface area contributed by atoms with Crippen LogP contribution in [0.4, 0.5) is 0 Å². The summed E-state index contributed by atoms with van der Waals surface area (Å²) in [7, 11) is 0. The fourth-order valence-corrected chi connectivity index (χ4v) is 1.72. The van der Waals surface area contributed by atoms with Gasteiger partial charge in [0, 0.05) is 12.1 Å². The predicted octanol–water partition coefficient (Wildman–Crippen LogP) is 2.70. The van der Waals surface area contributed by atoms with Gasteiger partial charge in [0.25, 0.3) is 0 Å². The van der Waals surface area contributed by atoms with Crippen molar-refractivity contribution in [2.75, 3.05) is 6.61 Å². The predicted molar refractivity (Wildman–Crippen MR) is 76.6 cm³/mol. The first-order valence-electron chi connectivity index (χ1n) is 6.65. The van der Waals surface area contributed by atoms with Crippen LogP contribution in [0.1, 0.15) is 41.5 Å². The van der Waals surface area contributed by atoms with Gasteiger partial charge in [-0.05, 0) is 59.9 Å². The molecule has 19 heavy (non-hydrogen) atoms. The maximum atomic E-state index is 11.6. The summed E-state index contributed by atoms with van der Waals surface area (Å²) in [5.74, 6) is -0.857. The van der Waals surface area contributed by atoms with E-state index in [4.69, 9.17) is 4.74 Å². The highest BCUT2D eigenvalue weighted by atomic mass is 16.5. The van der Waals surface area contributed by atoms with Crippen molar-refractivity contribution in [3.63, 3.8) is 0 Å². The van der Waals surface area contributed by atoms with Crippen molar-refractivity contribution in [1.29, 1.82) is 0 Å². The molecule has 0 atom stereocenters. The molecule has 0 heterocycles. The molecular formula is C15H25NO3. The molecule has 0 radical (unpaired) electrons. The molecule has 0 aromatic carbocycles. The van der Waals surface area contributed by atoms with Crippen molar-refractivity contribution in [1.82, 2.24) is 4.90 Å². The minimum Gasteiger partial charge on any atom is -0.462 e. The van der Waals surface area contributed by atoms with Gasteiger partial charge in [0.05, 0.1) is 6.61 Å². The molecule has 0 aliphatic carbocycles. The quantitative estimate of drug-likeness (QED) is 0.234.